The van der Waals surface area contributed by atoms with Crippen LogP contribution in [0.2, 0.25) is 0 Å². The number of aliphatic hydroxyl groups is 1. The number of Topliss-reactive ketones (excluding diaryl/α,β-unsaturated/α-hetero) is 1. The molecule has 1 amide bonds. The van der Waals surface area contributed by atoms with Crippen molar-refractivity contribution >= 4 is 17.6 Å². The fourth-order valence-electron chi connectivity index (χ4n) is 3.13. The molecule has 3 unspecified atom stereocenters. The van der Waals surface area contributed by atoms with Crippen LogP contribution in [-0.4, -0.2) is 46.5 Å². The maximum atomic E-state index is 14.2. The second kappa shape index (κ2) is 10.7. The largest absolute Gasteiger partial charge is 0.445 e. The summed E-state index contributed by atoms with van der Waals surface area (Å²) in [7, 11) is 0. The third-order valence-corrected chi connectivity index (χ3v) is 4.80. The monoisotopic (exact) mass is 451 g/mol. The molecule has 0 fully saturated rings. The van der Waals surface area contributed by atoms with Crippen LogP contribution in [0.1, 0.15) is 24.0 Å². The summed E-state index contributed by atoms with van der Waals surface area (Å²) < 4.78 is 33.5. The SMILES string of the molecule is CC(=O)C(c1ccc([N+](=O)[O-])cc1)C(NC(=O)OCc1ccccc1)C(O)C(F)(F)CN. The van der Waals surface area contributed by atoms with Crippen molar-refractivity contribution in [1.29, 1.82) is 0 Å². The second-order valence-corrected chi connectivity index (χ2v) is 7.08. The molecule has 3 atom stereocenters. The van der Waals surface area contributed by atoms with E-state index >= 15 is 0 Å². The molecule has 32 heavy (non-hydrogen) atoms. The van der Waals surface area contributed by atoms with Gasteiger partial charge in [0.2, 0.25) is 0 Å². The third kappa shape index (κ3) is 6.28. The first-order valence-electron chi connectivity index (χ1n) is 9.54. The minimum absolute atomic E-state index is 0.0864. The lowest BCUT2D eigenvalue weighted by molar-refractivity contribution is -0.384. The minimum atomic E-state index is -3.84. The maximum absolute atomic E-state index is 14.2. The van der Waals surface area contributed by atoms with Crippen LogP contribution in [0.4, 0.5) is 19.3 Å². The molecule has 0 radical (unpaired) electrons. The van der Waals surface area contributed by atoms with E-state index in [0.717, 1.165) is 19.1 Å². The predicted molar refractivity (Wildman–Crippen MR) is 110 cm³/mol. The Labute approximate surface area is 182 Å². The molecule has 4 N–H and O–H groups in total. The lowest BCUT2D eigenvalue weighted by Gasteiger charge is -2.33. The quantitative estimate of drug-likeness (QED) is 0.372. The van der Waals surface area contributed by atoms with Crippen LogP contribution in [0, 0.1) is 10.1 Å². The Kier molecular flexibility index (Phi) is 8.33. The van der Waals surface area contributed by atoms with Gasteiger partial charge in [-0.25, -0.2) is 13.6 Å². The van der Waals surface area contributed by atoms with E-state index in [1.807, 2.05) is 0 Å². The van der Waals surface area contributed by atoms with Crippen LogP contribution in [-0.2, 0) is 16.1 Å². The molecule has 0 aromatic heterocycles. The Morgan fingerprint density at radius 1 is 1.19 bits per heavy atom. The third-order valence-electron chi connectivity index (χ3n) is 4.80. The summed E-state index contributed by atoms with van der Waals surface area (Å²) >= 11 is 0. The van der Waals surface area contributed by atoms with Gasteiger partial charge >= 0.3 is 6.09 Å². The first-order chi connectivity index (χ1) is 15.1. The smallest absolute Gasteiger partial charge is 0.407 e. The van der Waals surface area contributed by atoms with Gasteiger partial charge in [-0.15, -0.1) is 0 Å². The number of amides is 1. The first-order valence-corrected chi connectivity index (χ1v) is 9.54. The van der Waals surface area contributed by atoms with E-state index in [9.17, 15) is 33.6 Å². The van der Waals surface area contributed by atoms with Crippen LogP contribution in [0.15, 0.2) is 54.6 Å². The standard InChI is InChI=1S/C21H23F2N3O6/c1-13(27)17(15-7-9-16(10-8-15)26(30)31)18(19(28)21(22,23)12-24)25-20(29)32-11-14-5-3-2-4-6-14/h2-10,17-19,28H,11-12,24H2,1H3,(H,25,29). The number of rotatable bonds is 10. The Morgan fingerprint density at radius 3 is 2.28 bits per heavy atom. The maximum Gasteiger partial charge on any atom is 0.407 e. The average molecular weight is 451 g/mol. The number of carbonyl (C=O) groups excluding carboxylic acids is 2. The van der Waals surface area contributed by atoms with Crippen LogP contribution >= 0.6 is 0 Å². The van der Waals surface area contributed by atoms with Crippen molar-refractivity contribution in [2.75, 3.05) is 6.54 Å². The normalized spacial score (nSPS) is 14.2. The van der Waals surface area contributed by atoms with E-state index in [1.54, 1.807) is 30.3 Å². The number of nitro groups is 1. The number of alkyl carbamates (subject to hydrolysis) is 1. The zero-order valence-corrected chi connectivity index (χ0v) is 17.1. The molecule has 9 nitrogen and oxygen atoms in total. The highest BCUT2D eigenvalue weighted by atomic mass is 19.3. The molecule has 0 aliphatic heterocycles. The number of benzene rings is 2. The van der Waals surface area contributed by atoms with E-state index in [-0.39, 0.29) is 17.9 Å². The van der Waals surface area contributed by atoms with Crippen LogP contribution in [0.25, 0.3) is 0 Å². The summed E-state index contributed by atoms with van der Waals surface area (Å²) in [6.07, 6.45) is -3.68. The number of nitrogens with one attached hydrogen (secondary N) is 1. The molecule has 2 rings (SSSR count). The number of nitrogens with zero attached hydrogens (tertiary/aromatic N) is 1. The van der Waals surface area contributed by atoms with E-state index in [4.69, 9.17) is 10.5 Å². The van der Waals surface area contributed by atoms with E-state index in [1.165, 1.54) is 12.1 Å². The molecule has 0 aliphatic carbocycles. The van der Waals surface area contributed by atoms with Gasteiger partial charge in [0.1, 0.15) is 18.5 Å². The number of ketones is 1. The molecule has 0 saturated carbocycles. The number of aliphatic hydroxyl groups excluding tert-OH is 1. The van der Waals surface area contributed by atoms with Crippen molar-refractivity contribution in [3.05, 3.63) is 75.8 Å². The van der Waals surface area contributed by atoms with Gasteiger partial charge in [0, 0.05) is 12.1 Å². The average Bonchev–Trinajstić information content (AvgIpc) is 2.77. The highest BCUT2D eigenvalue weighted by Crippen LogP contribution is 2.31. The Morgan fingerprint density at radius 2 is 1.78 bits per heavy atom. The summed E-state index contributed by atoms with van der Waals surface area (Å²) in [5, 5.41) is 23.4. The Balaban J connectivity index is 2.33. The van der Waals surface area contributed by atoms with Gasteiger partial charge in [-0.2, -0.15) is 0 Å². The number of nitro benzene ring substituents is 1. The van der Waals surface area contributed by atoms with Gasteiger partial charge in [-0.1, -0.05) is 42.5 Å². The number of carbonyl (C=O) groups is 2. The summed E-state index contributed by atoms with van der Waals surface area (Å²) in [6.45, 7) is -0.329. The molecular formula is C21H23F2N3O6. The second-order valence-electron chi connectivity index (χ2n) is 7.08. The summed E-state index contributed by atoms with van der Waals surface area (Å²) in [5.41, 5.74) is 5.50. The highest BCUT2D eigenvalue weighted by Gasteiger charge is 2.47. The molecule has 0 heterocycles. The van der Waals surface area contributed by atoms with E-state index in [2.05, 4.69) is 5.32 Å². The number of non-ortho nitro benzene ring substituents is 1. The number of ether oxygens (including phenoxy) is 1. The topological polar surface area (TPSA) is 145 Å². The van der Waals surface area contributed by atoms with Crippen molar-refractivity contribution in [3.8, 4) is 0 Å². The number of hydrogen-bond acceptors (Lipinski definition) is 7. The molecule has 0 spiro atoms. The zero-order valence-electron chi connectivity index (χ0n) is 17.1. The fourth-order valence-corrected chi connectivity index (χ4v) is 3.13. The fraction of sp³-hybridized carbons (Fsp3) is 0.333. The van der Waals surface area contributed by atoms with Crippen molar-refractivity contribution in [3.63, 3.8) is 0 Å². The molecule has 0 saturated heterocycles. The Hall–Kier alpha value is -3.44. The Bertz CT molecular complexity index is 940. The summed E-state index contributed by atoms with van der Waals surface area (Å²) in [5.74, 6) is -5.96. The number of nitrogens with two attached hydrogens (primary N) is 1. The van der Waals surface area contributed by atoms with Gasteiger partial charge < -0.3 is 20.9 Å². The van der Waals surface area contributed by atoms with Gasteiger partial charge in [-0.05, 0) is 18.1 Å². The minimum Gasteiger partial charge on any atom is -0.445 e. The lowest BCUT2D eigenvalue weighted by Crippen LogP contribution is -2.57. The van der Waals surface area contributed by atoms with E-state index < -0.39 is 47.3 Å². The summed E-state index contributed by atoms with van der Waals surface area (Å²) in [6, 6.07) is 11.3. The van der Waals surface area contributed by atoms with Crippen LogP contribution < -0.4 is 11.1 Å². The number of hydrogen-bond donors (Lipinski definition) is 3. The van der Waals surface area contributed by atoms with Crippen molar-refractivity contribution in [2.45, 2.75) is 37.5 Å². The van der Waals surface area contributed by atoms with Crippen molar-refractivity contribution in [1.82, 2.24) is 5.32 Å². The molecule has 0 aliphatic rings. The number of alkyl halides is 2. The zero-order chi connectivity index (χ0) is 23.9. The van der Waals surface area contributed by atoms with Gasteiger partial charge in [0.05, 0.1) is 23.4 Å². The first kappa shape index (κ1) is 24.8. The molecule has 2 aromatic rings. The molecule has 172 valence electrons. The van der Waals surface area contributed by atoms with Gasteiger partial charge in [0.15, 0.2) is 0 Å². The lowest BCUT2D eigenvalue weighted by atomic mass is 9.83. The van der Waals surface area contributed by atoms with Gasteiger partial charge in [-0.3, -0.25) is 14.9 Å². The molecular weight excluding hydrogens is 428 g/mol. The van der Waals surface area contributed by atoms with E-state index in [0.29, 0.717) is 5.56 Å². The molecule has 0 bridgehead atoms. The summed E-state index contributed by atoms with van der Waals surface area (Å²) in [4.78, 5) is 34.9. The molecule has 11 heteroatoms. The predicted octanol–water partition coefficient (Wildman–Crippen LogP) is 2.52. The highest BCUT2D eigenvalue weighted by molar-refractivity contribution is 5.85. The number of halogens is 2. The van der Waals surface area contributed by atoms with Crippen molar-refractivity contribution in [2.24, 2.45) is 5.73 Å². The van der Waals surface area contributed by atoms with Gasteiger partial charge in [0.25, 0.3) is 11.6 Å². The van der Waals surface area contributed by atoms with Crippen molar-refractivity contribution < 1.29 is 33.1 Å². The van der Waals surface area contributed by atoms with Crippen LogP contribution in [0.3, 0.4) is 0 Å². The molecule has 2 aromatic carbocycles. The van der Waals surface area contributed by atoms with Crippen LogP contribution in [0.5, 0.6) is 0 Å².